The summed E-state index contributed by atoms with van der Waals surface area (Å²) in [5.74, 6) is 0.111. The highest BCUT2D eigenvalue weighted by atomic mass is 16.2. The van der Waals surface area contributed by atoms with E-state index >= 15 is 0 Å². The summed E-state index contributed by atoms with van der Waals surface area (Å²) >= 11 is 0. The first-order valence-corrected chi connectivity index (χ1v) is 12.0. The van der Waals surface area contributed by atoms with Crippen molar-refractivity contribution in [2.24, 2.45) is 11.8 Å². The number of piperidine rings is 1. The Morgan fingerprint density at radius 1 is 1.00 bits per heavy atom. The van der Waals surface area contributed by atoms with Crippen LogP contribution < -0.4 is 10.6 Å². The molecule has 1 aromatic carbocycles. The lowest BCUT2D eigenvalue weighted by molar-refractivity contribution is -0.136. The molecule has 0 aromatic heterocycles. The fraction of sp³-hybridized carbons (Fsp3) is 0.577. The molecule has 1 aromatic rings. The van der Waals surface area contributed by atoms with Gasteiger partial charge in [0.25, 0.3) is 0 Å². The van der Waals surface area contributed by atoms with E-state index < -0.39 is 5.54 Å². The monoisotopic (exact) mass is 439 g/mol. The Balaban J connectivity index is 1.42. The van der Waals surface area contributed by atoms with Crippen LogP contribution in [-0.2, 0) is 14.4 Å². The maximum absolute atomic E-state index is 12.8. The van der Waals surface area contributed by atoms with Crippen molar-refractivity contribution in [1.29, 1.82) is 0 Å². The summed E-state index contributed by atoms with van der Waals surface area (Å²) in [6.07, 6.45) is 10.7. The lowest BCUT2D eigenvalue weighted by Gasteiger charge is -2.33. The first kappa shape index (κ1) is 24.0. The van der Waals surface area contributed by atoms with Crippen LogP contribution in [0, 0.1) is 11.8 Å². The Hall–Kier alpha value is -2.63. The molecule has 1 saturated carbocycles. The molecule has 0 atom stereocenters. The van der Waals surface area contributed by atoms with Crippen LogP contribution in [0.3, 0.4) is 0 Å². The van der Waals surface area contributed by atoms with Gasteiger partial charge in [0.15, 0.2) is 0 Å². The lowest BCUT2D eigenvalue weighted by Crippen LogP contribution is -2.57. The molecule has 2 aliphatic rings. The smallest absolute Gasteiger partial charge is 0.246 e. The number of benzene rings is 1. The minimum absolute atomic E-state index is 0.0323. The van der Waals surface area contributed by atoms with E-state index in [4.69, 9.17) is 0 Å². The summed E-state index contributed by atoms with van der Waals surface area (Å²) in [5, 5.41) is 5.97. The van der Waals surface area contributed by atoms with Gasteiger partial charge in [-0.3, -0.25) is 14.4 Å². The van der Waals surface area contributed by atoms with E-state index in [2.05, 4.69) is 10.6 Å². The third kappa shape index (κ3) is 6.94. The van der Waals surface area contributed by atoms with Gasteiger partial charge in [-0.25, -0.2) is 0 Å². The van der Waals surface area contributed by atoms with Crippen LogP contribution in [0.2, 0.25) is 0 Å². The predicted octanol–water partition coefficient (Wildman–Crippen LogP) is 3.53. The minimum atomic E-state index is -0.947. The number of carbonyl (C=O) groups is 3. The third-order valence-electron chi connectivity index (χ3n) is 6.67. The lowest BCUT2D eigenvalue weighted by atomic mass is 9.89. The summed E-state index contributed by atoms with van der Waals surface area (Å²) < 4.78 is 0. The third-order valence-corrected chi connectivity index (χ3v) is 6.67. The highest BCUT2D eigenvalue weighted by Gasteiger charge is 2.34. The van der Waals surface area contributed by atoms with Gasteiger partial charge in [0.2, 0.25) is 17.7 Å². The normalized spacial score (nSPS) is 18.5. The number of amides is 3. The summed E-state index contributed by atoms with van der Waals surface area (Å²) in [5.41, 5.74) is 0.0380. The van der Waals surface area contributed by atoms with Crippen molar-refractivity contribution in [1.82, 2.24) is 15.5 Å². The van der Waals surface area contributed by atoms with Crippen LogP contribution in [0.15, 0.2) is 36.4 Å². The number of carbonyl (C=O) groups excluding carboxylic acids is 3. The Bertz CT molecular complexity index is 805. The van der Waals surface area contributed by atoms with Crippen molar-refractivity contribution >= 4 is 23.8 Å². The van der Waals surface area contributed by atoms with Crippen LogP contribution in [0.5, 0.6) is 0 Å². The number of nitrogens with zero attached hydrogens (tertiary/aromatic N) is 1. The average Bonchev–Trinajstić information content (AvgIpc) is 2.82. The fourth-order valence-electron chi connectivity index (χ4n) is 4.52. The Labute approximate surface area is 191 Å². The molecule has 0 bridgehead atoms. The van der Waals surface area contributed by atoms with Gasteiger partial charge in [0.05, 0.1) is 0 Å². The van der Waals surface area contributed by atoms with Gasteiger partial charge in [-0.2, -0.15) is 0 Å². The second-order valence-corrected chi connectivity index (χ2v) is 9.67. The SMILES string of the molecule is CC(C)(NC(=O)C1CCN(C(=O)/C=C/c2ccccc2)CC1)C(=O)NCC1CCCCC1. The van der Waals surface area contributed by atoms with Gasteiger partial charge in [0.1, 0.15) is 5.54 Å². The molecule has 2 N–H and O–H groups in total. The van der Waals surface area contributed by atoms with Crippen molar-refractivity contribution in [3.05, 3.63) is 42.0 Å². The van der Waals surface area contributed by atoms with Gasteiger partial charge >= 0.3 is 0 Å². The molecule has 0 spiro atoms. The second-order valence-electron chi connectivity index (χ2n) is 9.67. The number of likely N-dealkylation sites (tertiary alicyclic amines) is 1. The molecule has 6 heteroatoms. The van der Waals surface area contributed by atoms with Crippen LogP contribution in [0.1, 0.15) is 64.4 Å². The average molecular weight is 440 g/mol. The van der Waals surface area contributed by atoms with Crippen LogP contribution in [0.25, 0.3) is 6.08 Å². The summed E-state index contributed by atoms with van der Waals surface area (Å²) in [6, 6.07) is 9.72. The van der Waals surface area contributed by atoms with Crippen molar-refractivity contribution < 1.29 is 14.4 Å². The first-order valence-electron chi connectivity index (χ1n) is 12.0. The molecule has 174 valence electrons. The Morgan fingerprint density at radius 3 is 2.31 bits per heavy atom. The van der Waals surface area contributed by atoms with E-state index in [-0.39, 0.29) is 23.6 Å². The zero-order valence-electron chi connectivity index (χ0n) is 19.4. The van der Waals surface area contributed by atoms with E-state index in [1.165, 1.54) is 32.1 Å². The molecule has 6 nitrogen and oxygen atoms in total. The topological polar surface area (TPSA) is 78.5 Å². The molecule has 1 saturated heterocycles. The van der Waals surface area contributed by atoms with E-state index in [1.807, 2.05) is 36.4 Å². The maximum Gasteiger partial charge on any atom is 0.246 e. The predicted molar refractivity (Wildman–Crippen MR) is 127 cm³/mol. The van der Waals surface area contributed by atoms with Gasteiger partial charge in [-0.05, 0) is 57.1 Å². The highest BCUT2D eigenvalue weighted by molar-refractivity contribution is 5.93. The highest BCUT2D eigenvalue weighted by Crippen LogP contribution is 2.23. The Kier molecular flexibility index (Phi) is 8.48. The number of hydrogen-bond donors (Lipinski definition) is 2. The second kappa shape index (κ2) is 11.3. The van der Waals surface area contributed by atoms with Crippen LogP contribution in [0.4, 0.5) is 0 Å². The Morgan fingerprint density at radius 2 is 1.66 bits per heavy atom. The van der Waals surface area contributed by atoms with Crippen molar-refractivity contribution in [3.63, 3.8) is 0 Å². The van der Waals surface area contributed by atoms with E-state index in [9.17, 15) is 14.4 Å². The number of rotatable bonds is 7. The zero-order valence-corrected chi connectivity index (χ0v) is 19.4. The molecular formula is C26H37N3O3. The summed E-state index contributed by atoms with van der Waals surface area (Å²) in [6.45, 7) is 5.30. The molecule has 1 heterocycles. The molecule has 1 aliphatic heterocycles. The van der Waals surface area contributed by atoms with Gasteiger partial charge in [-0.1, -0.05) is 49.6 Å². The first-order chi connectivity index (χ1) is 15.3. The van der Waals surface area contributed by atoms with E-state index in [0.29, 0.717) is 38.4 Å². The quantitative estimate of drug-likeness (QED) is 0.638. The molecule has 32 heavy (non-hydrogen) atoms. The minimum Gasteiger partial charge on any atom is -0.354 e. The summed E-state index contributed by atoms with van der Waals surface area (Å²) in [7, 11) is 0. The fourth-order valence-corrected chi connectivity index (χ4v) is 4.52. The van der Waals surface area contributed by atoms with Crippen molar-refractivity contribution in [3.8, 4) is 0 Å². The number of hydrogen-bond acceptors (Lipinski definition) is 3. The molecular weight excluding hydrogens is 402 g/mol. The van der Waals surface area contributed by atoms with Gasteiger partial charge in [-0.15, -0.1) is 0 Å². The van der Waals surface area contributed by atoms with Gasteiger partial charge in [0, 0.05) is 31.6 Å². The molecule has 0 radical (unpaired) electrons. The number of nitrogens with one attached hydrogen (secondary N) is 2. The van der Waals surface area contributed by atoms with Crippen molar-refractivity contribution in [2.75, 3.05) is 19.6 Å². The van der Waals surface area contributed by atoms with Crippen molar-refractivity contribution in [2.45, 2.75) is 64.3 Å². The van der Waals surface area contributed by atoms with E-state index in [0.717, 1.165) is 5.56 Å². The molecule has 3 rings (SSSR count). The van der Waals surface area contributed by atoms with Gasteiger partial charge < -0.3 is 15.5 Å². The molecule has 2 fully saturated rings. The maximum atomic E-state index is 12.8. The van der Waals surface area contributed by atoms with E-state index in [1.54, 1.807) is 24.8 Å². The molecule has 3 amide bonds. The zero-order chi connectivity index (χ0) is 23.0. The van der Waals surface area contributed by atoms with Crippen LogP contribution in [-0.4, -0.2) is 47.8 Å². The largest absolute Gasteiger partial charge is 0.354 e. The van der Waals surface area contributed by atoms with Crippen LogP contribution >= 0.6 is 0 Å². The molecule has 0 unspecified atom stereocenters. The molecule has 1 aliphatic carbocycles. The standard InChI is InChI=1S/C26H37N3O3/c1-26(2,25(32)27-19-21-11-7-4-8-12-21)28-24(31)22-15-17-29(18-16-22)23(30)14-13-20-9-5-3-6-10-20/h3,5-6,9-10,13-14,21-22H,4,7-8,11-12,15-19H2,1-2H3,(H,27,32)(H,28,31)/b14-13+. The summed E-state index contributed by atoms with van der Waals surface area (Å²) in [4.78, 5) is 39.7.